The molecule has 1 N–H and O–H groups in total. The lowest BCUT2D eigenvalue weighted by Gasteiger charge is -2.11. The summed E-state index contributed by atoms with van der Waals surface area (Å²) in [6.07, 6.45) is 7.95. The second-order valence-electron chi connectivity index (χ2n) is 6.62. The summed E-state index contributed by atoms with van der Waals surface area (Å²) in [5, 5.41) is 7.63. The van der Waals surface area contributed by atoms with Gasteiger partial charge in [-0.25, -0.2) is 14.1 Å². The van der Waals surface area contributed by atoms with Crippen LogP contribution in [0.3, 0.4) is 0 Å². The minimum atomic E-state index is -0.107. The van der Waals surface area contributed by atoms with Crippen molar-refractivity contribution < 1.29 is 9.13 Å². The van der Waals surface area contributed by atoms with E-state index in [2.05, 4.69) is 20.4 Å². The summed E-state index contributed by atoms with van der Waals surface area (Å²) < 4.78 is 22.4. The average Bonchev–Trinajstić information content (AvgIpc) is 3.28. The fourth-order valence-corrected chi connectivity index (χ4v) is 3.17. The Morgan fingerprint density at radius 2 is 2.07 bits per heavy atom. The van der Waals surface area contributed by atoms with E-state index < -0.39 is 0 Å². The maximum Gasteiger partial charge on any atom is 0.247 e. The highest BCUT2D eigenvalue weighted by molar-refractivity contribution is 5.66. The van der Waals surface area contributed by atoms with Crippen LogP contribution in [0.15, 0.2) is 48.7 Å². The highest BCUT2D eigenvalue weighted by atomic mass is 19.1. The summed E-state index contributed by atoms with van der Waals surface area (Å²) in [6, 6.07) is 5.77. The molecule has 144 valence electrons. The zero-order valence-electron chi connectivity index (χ0n) is 16.0. The SMILES string of the molecule is COc1cc(Nc2nc(C3=CC=C(F)CC3)n(C)n2)ccc1-n1cnc(C)c1. The van der Waals surface area contributed by atoms with Crippen molar-refractivity contribution in [3.05, 3.63) is 60.2 Å². The number of anilines is 2. The highest BCUT2D eigenvalue weighted by Gasteiger charge is 2.15. The van der Waals surface area contributed by atoms with Crippen molar-refractivity contribution in [2.24, 2.45) is 7.05 Å². The Bertz CT molecular complexity index is 1080. The number of aromatic nitrogens is 5. The van der Waals surface area contributed by atoms with Crippen LogP contribution in [0.25, 0.3) is 11.3 Å². The Hall–Kier alpha value is -3.42. The summed E-state index contributed by atoms with van der Waals surface area (Å²) in [6.45, 7) is 1.94. The third-order valence-corrected chi connectivity index (χ3v) is 4.57. The minimum absolute atomic E-state index is 0.107. The van der Waals surface area contributed by atoms with Gasteiger partial charge in [-0.1, -0.05) is 6.08 Å². The number of nitrogens with zero attached hydrogens (tertiary/aromatic N) is 5. The van der Waals surface area contributed by atoms with Gasteiger partial charge in [0.1, 0.15) is 11.6 Å². The fourth-order valence-electron chi connectivity index (χ4n) is 3.17. The molecule has 0 unspecified atom stereocenters. The van der Waals surface area contributed by atoms with Crippen molar-refractivity contribution in [2.75, 3.05) is 12.4 Å². The monoisotopic (exact) mass is 380 g/mol. The molecule has 0 amide bonds. The number of ether oxygens (including phenoxy) is 1. The van der Waals surface area contributed by atoms with Gasteiger partial charge in [0.2, 0.25) is 5.95 Å². The Morgan fingerprint density at radius 3 is 2.75 bits per heavy atom. The van der Waals surface area contributed by atoms with E-state index in [1.807, 2.05) is 42.9 Å². The Balaban J connectivity index is 1.59. The molecule has 0 aliphatic heterocycles. The van der Waals surface area contributed by atoms with E-state index in [0.717, 1.165) is 28.5 Å². The molecule has 4 rings (SSSR count). The van der Waals surface area contributed by atoms with Crippen molar-refractivity contribution >= 4 is 17.2 Å². The van der Waals surface area contributed by atoms with Crippen LogP contribution in [0, 0.1) is 6.92 Å². The van der Waals surface area contributed by atoms with Gasteiger partial charge in [0.15, 0.2) is 5.82 Å². The molecule has 7 nitrogen and oxygen atoms in total. The normalized spacial score (nSPS) is 13.9. The minimum Gasteiger partial charge on any atom is -0.494 e. The van der Waals surface area contributed by atoms with Crippen molar-refractivity contribution in [3.63, 3.8) is 0 Å². The molecule has 0 saturated carbocycles. The quantitative estimate of drug-likeness (QED) is 0.722. The lowest BCUT2D eigenvalue weighted by molar-refractivity contribution is 0.413. The number of methoxy groups -OCH3 is 1. The number of imidazole rings is 1. The largest absolute Gasteiger partial charge is 0.494 e. The lowest BCUT2D eigenvalue weighted by Crippen LogP contribution is -2.00. The smallest absolute Gasteiger partial charge is 0.247 e. The zero-order valence-corrected chi connectivity index (χ0v) is 16.0. The summed E-state index contributed by atoms with van der Waals surface area (Å²) in [7, 11) is 3.46. The van der Waals surface area contributed by atoms with Crippen molar-refractivity contribution in [2.45, 2.75) is 19.8 Å². The van der Waals surface area contributed by atoms with Gasteiger partial charge in [-0.2, -0.15) is 4.98 Å². The van der Waals surface area contributed by atoms with Gasteiger partial charge < -0.3 is 14.6 Å². The lowest BCUT2D eigenvalue weighted by atomic mass is 10.0. The number of aryl methyl sites for hydroxylation is 2. The van der Waals surface area contributed by atoms with Crippen LogP contribution >= 0.6 is 0 Å². The molecule has 0 atom stereocenters. The molecule has 0 fully saturated rings. The van der Waals surface area contributed by atoms with Crippen molar-refractivity contribution in [1.82, 2.24) is 24.3 Å². The fraction of sp³-hybridized carbons (Fsp3) is 0.250. The van der Waals surface area contributed by atoms with E-state index in [-0.39, 0.29) is 5.83 Å². The molecule has 2 aromatic heterocycles. The second-order valence-corrected chi connectivity index (χ2v) is 6.62. The topological polar surface area (TPSA) is 69.8 Å². The second kappa shape index (κ2) is 7.30. The van der Waals surface area contributed by atoms with Crippen LogP contribution in [-0.4, -0.2) is 31.4 Å². The summed E-state index contributed by atoms with van der Waals surface area (Å²) >= 11 is 0. The molecular weight excluding hydrogens is 359 g/mol. The van der Waals surface area contributed by atoms with E-state index >= 15 is 0 Å². The van der Waals surface area contributed by atoms with Crippen LogP contribution in [0.4, 0.5) is 16.0 Å². The number of benzene rings is 1. The number of rotatable bonds is 5. The average molecular weight is 380 g/mol. The van der Waals surface area contributed by atoms with Gasteiger partial charge >= 0.3 is 0 Å². The molecule has 1 aliphatic carbocycles. The van der Waals surface area contributed by atoms with Crippen molar-refractivity contribution in [3.8, 4) is 11.4 Å². The van der Waals surface area contributed by atoms with Gasteiger partial charge in [-0.05, 0) is 37.1 Å². The predicted molar refractivity (Wildman–Crippen MR) is 106 cm³/mol. The molecule has 8 heteroatoms. The van der Waals surface area contributed by atoms with E-state index in [1.54, 1.807) is 24.2 Å². The zero-order chi connectivity index (χ0) is 19.7. The first-order valence-electron chi connectivity index (χ1n) is 8.96. The number of nitrogens with one attached hydrogen (secondary N) is 1. The molecule has 1 aliphatic rings. The van der Waals surface area contributed by atoms with Gasteiger partial charge in [0, 0.05) is 31.4 Å². The molecular formula is C20H21FN6O. The maximum atomic E-state index is 13.2. The first-order valence-corrected chi connectivity index (χ1v) is 8.96. The van der Waals surface area contributed by atoms with E-state index in [0.29, 0.717) is 24.5 Å². The Kier molecular flexibility index (Phi) is 4.68. The first-order chi connectivity index (χ1) is 13.5. The number of hydrogen-bond acceptors (Lipinski definition) is 5. The molecule has 28 heavy (non-hydrogen) atoms. The molecule has 0 bridgehead atoms. The van der Waals surface area contributed by atoms with Crippen LogP contribution in [-0.2, 0) is 7.05 Å². The van der Waals surface area contributed by atoms with Gasteiger partial charge in [-0.15, -0.1) is 5.10 Å². The molecule has 1 aromatic carbocycles. The van der Waals surface area contributed by atoms with Gasteiger partial charge in [-0.3, -0.25) is 0 Å². The molecule has 0 spiro atoms. The van der Waals surface area contributed by atoms with E-state index in [9.17, 15) is 4.39 Å². The Morgan fingerprint density at radius 1 is 1.21 bits per heavy atom. The van der Waals surface area contributed by atoms with Crippen LogP contribution in [0.1, 0.15) is 24.4 Å². The molecule has 3 aromatic rings. The van der Waals surface area contributed by atoms with Crippen LogP contribution < -0.4 is 10.1 Å². The first kappa shape index (κ1) is 18.0. The van der Waals surface area contributed by atoms with Gasteiger partial charge in [0.25, 0.3) is 0 Å². The van der Waals surface area contributed by atoms with Crippen molar-refractivity contribution in [1.29, 1.82) is 0 Å². The molecule has 0 saturated heterocycles. The third kappa shape index (κ3) is 3.53. The van der Waals surface area contributed by atoms with Crippen LogP contribution in [0.2, 0.25) is 0 Å². The van der Waals surface area contributed by atoms with E-state index in [1.165, 1.54) is 6.08 Å². The summed E-state index contributed by atoms with van der Waals surface area (Å²) in [4.78, 5) is 8.81. The van der Waals surface area contributed by atoms with Crippen LogP contribution in [0.5, 0.6) is 5.75 Å². The predicted octanol–water partition coefficient (Wildman–Crippen LogP) is 4.09. The maximum absolute atomic E-state index is 13.2. The number of halogens is 1. The highest BCUT2D eigenvalue weighted by Crippen LogP contribution is 2.29. The summed E-state index contributed by atoms with van der Waals surface area (Å²) in [5.41, 5.74) is 3.59. The third-order valence-electron chi connectivity index (χ3n) is 4.57. The van der Waals surface area contributed by atoms with Gasteiger partial charge in [0.05, 0.1) is 24.8 Å². The number of allylic oxidation sites excluding steroid dienone is 4. The Labute approximate surface area is 162 Å². The van der Waals surface area contributed by atoms with E-state index in [4.69, 9.17) is 4.74 Å². The standard InChI is InChI=1S/C20H21FN6O/c1-13-11-27(12-22-13)17-9-8-16(10-18(17)28-3)23-20-24-19(26(2)25-20)14-4-6-15(21)7-5-14/h4,6,8-12H,5,7H2,1-3H3,(H,23,25). The summed E-state index contributed by atoms with van der Waals surface area (Å²) in [5.74, 6) is 1.80. The molecule has 2 heterocycles. The number of hydrogen-bond donors (Lipinski definition) is 1. The molecule has 0 radical (unpaired) electrons.